The van der Waals surface area contributed by atoms with E-state index >= 15 is 0 Å². The summed E-state index contributed by atoms with van der Waals surface area (Å²) in [4.78, 5) is 41.2. The van der Waals surface area contributed by atoms with Gasteiger partial charge in [-0.3, -0.25) is 14.3 Å². The van der Waals surface area contributed by atoms with Gasteiger partial charge in [0.2, 0.25) is 0 Å². The fourth-order valence-electron chi connectivity index (χ4n) is 3.19. The molecule has 1 saturated heterocycles. The second-order valence-electron chi connectivity index (χ2n) is 7.26. The number of hydrogen-bond acceptors (Lipinski definition) is 6. The summed E-state index contributed by atoms with van der Waals surface area (Å²) in [5.41, 5.74) is 8.40. The quantitative estimate of drug-likeness (QED) is 0.356. The maximum Gasteiger partial charge on any atom is 0.338 e. The zero-order chi connectivity index (χ0) is 21.2. The molecule has 0 saturated carbocycles. The van der Waals surface area contributed by atoms with Gasteiger partial charge in [0.25, 0.3) is 5.56 Å². The molecule has 152 valence electrons. The van der Waals surface area contributed by atoms with Crippen LogP contribution in [0.15, 0.2) is 45.2 Å². The molecule has 1 unspecified atom stereocenters. The van der Waals surface area contributed by atoms with E-state index in [9.17, 15) is 14.4 Å². The number of aromatic nitrogens is 2. The molecule has 1 aromatic heterocycles. The largest absolute Gasteiger partial charge is 0.459 e. The predicted octanol–water partition coefficient (Wildman–Crippen LogP) is 2.37. The summed E-state index contributed by atoms with van der Waals surface area (Å²) in [7, 11) is 0. The third-order valence-electron chi connectivity index (χ3n) is 4.96. The van der Waals surface area contributed by atoms with Crippen LogP contribution in [-0.2, 0) is 9.47 Å². The lowest BCUT2D eigenvalue weighted by Gasteiger charge is -2.27. The molecule has 1 N–H and O–H groups in total. The summed E-state index contributed by atoms with van der Waals surface area (Å²) in [6.45, 7) is 4.96. The van der Waals surface area contributed by atoms with Crippen molar-refractivity contribution in [2.75, 3.05) is 6.61 Å². The molecule has 3 atom stereocenters. The summed E-state index contributed by atoms with van der Waals surface area (Å²) >= 11 is 0. The molecule has 0 radical (unpaired) electrons. The average molecular weight is 399 g/mol. The van der Waals surface area contributed by atoms with Crippen LogP contribution in [0, 0.1) is 13.8 Å². The number of carbonyl (C=O) groups excluding carboxylic acids is 1. The van der Waals surface area contributed by atoms with Crippen LogP contribution < -0.4 is 11.2 Å². The summed E-state index contributed by atoms with van der Waals surface area (Å²) in [6.07, 6.45) is 0.800. The SMILES string of the molecule is Cc1ccc(C(=O)OC[C@@]2(C)O[C@@H](n3cc(C)c(=O)[nH]c3=O)CC2N=[N+]=[N-])cc1. The maximum absolute atomic E-state index is 12.3. The van der Waals surface area contributed by atoms with E-state index < -0.39 is 35.1 Å². The molecule has 10 nitrogen and oxygen atoms in total. The molecule has 1 aliphatic heterocycles. The Morgan fingerprint density at radius 2 is 2.07 bits per heavy atom. The Labute approximate surface area is 165 Å². The van der Waals surface area contributed by atoms with Crippen LogP contribution in [0.2, 0.25) is 0 Å². The first-order chi connectivity index (χ1) is 13.7. The van der Waals surface area contributed by atoms with Crippen molar-refractivity contribution in [1.82, 2.24) is 9.55 Å². The van der Waals surface area contributed by atoms with Gasteiger partial charge in [-0.1, -0.05) is 22.8 Å². The van der Waals surface area contributed by atoms with Crippen LogP contribution in [0.3, 0.4) is 0 Å². The predicted molar refractivity (Wildman–Crippen MR) is 104 cm³/mol. The molecule has 1 aliphatic rings. The summed E-state index contributed by atoms with van der Waals surface area (Å²) in [5.74, 6) is -0.532. The Balaban J connectivity index is 1.81. The van der Waals surface area contributed by atoms with Crippen molar-refractivity contribution in [2.45, 2.75) is 45.1 Å². The van der Waals surface area contributed by atoms with Crippen molar-refractivity contribution in [2.24, 2.45) is 5.11 Å². The Bertz CT molecular complexity index is 1080. The van der Waals surface area contributed by atoms with E-state index in [0.29, 0.717) is 11.1 Å². The van der Waals surface area contributed by atoms with Gasteiger partial charge in [-0.25, -0.2) is 9.59 Å². The molecule has 1 aromatic carbocycles. The van der Waals surface area contributed by atoms with E-state index in [4.69, 9.17) is 15.0 Å². The monoisotopic (exact) mass is 399 g/mol. The molecule has 0 spiro atoms. The fraction of sp³-hybridized carbons (Fsp3) is 0.421. The highest BCUT2D eigenvalue weighted by Gasteiger charge is 2.47. The van der Waals surface area contributed by atoms with Crippen LogP contribution in [0.4, 0.5) is 0 Å². The second kappa shape index (κ2) is 7.94. The molecule has 0 aliphatic carbocycles. The third kappa shape index (κ3) is 4.23. The third-order valence-corrected chi connectivity index (χ3v) is 4.96. The van der Waals surface area contributed by atoms with Gasteiger partial charge in [-0.05, 0) is 38.4 Å². The molecule has 2 aromatic rings. The number of aryl methyl sites for hydroxylation is 2. The smallest absolute Gasteiger partial charge is 0.338 e. The number of nitrogens with zero attached hydrogens (tertiary/aromatic N) is 4. The first kappa shape index (κ1) is 20.4. The molecule has 2 heterocycles. The van der Waals surface area contributed by atoms with Crippen LogP contribution in [0.25, 0.3) is 10.4 Å². The van der Waals surface area contributed by atoms with Gasteiger partial charge >= 0.3 is 11.7 Å². The number of azide groups is 1. The average Bonchev–Trinajstić information content (AvgIpc) is 3.00. The summed E-state index contributed by atoms with van der Waals surface area (Å²) < 4.78 is 12.6. The van der Waals surface area contributed by atoms with Crippen molar-refractivity contribution in [3.8, 4) is 0 Å². The molecular formula is C19H21N5O5. The number of aromatic amines is 1. The Morgan fingerprint density at radius 1 is 1.38 bits per heavy atom. The molecule has 0 amide bonds. The van der Waals surface area contributed by atoms with Gasteiger partial charge in [0, 0.05) is 23.1 Å². The van der Waals surface area contributed by atoms with Crippen LogP contribution >= 0.6 is 0 Å². The number of rotatable bonds is 5. The summed E-state index contributed by atoms with van der Waals surface area (Å²) in [6, 6.07) is 6.24. The highest BCUT2D eigenvalue weighted by molar-refractivity contribution is 5.89. The Morgan fingerprint density at radius 3 is 2.72 bits per heavy atom. The first-order valence-corrected chi connectivity index (χ1v) is 9.01. The Hall–Kier alpha value is -3.36. The van der Waals surface area contributed by atoms with Gasteiger partial charge in [0.1, 0.15) is 18.4 Å². The number of hydrogen-bond donors (Lipinski definition) is 1. The number of ether oxygens (including phenoxy) is 2. The zero-order valence-corrected chi connectivity index (χ0v) is 16.3. The van der Waals surface area contributed by atoms with Crippen molar-refractivity contribution >= 4 is 5.97 Å². The van der Waals surface area contributed by atoms with Crippen LogP contribution in [-0.4, -0.2) is 33.8 Å². The maximum atomic E-state index is 12.3. The second-order valence-corrected chi connectivity index (χ2v) is 7.26. The molecule has 10 heteroatoms. The standard InChI is InChI=1S/C19H21N5O5/c1-11-4-6-13(7-5-11)17(26)28-10-19(3)14(22-23-20)8-15(29-19)24-9-12(2)16(25)21-18(24)27/h4-7,9,14-15H,8,10H2,1-3H3,(H,21,25,27)/t14?,15-,19-/m1/s1. The van der Waals surface area contributed by atoms with Crippen molar-refractivity contribution < 1.29 is 14.3 Å². The van der Waals surface area contributed by atoms with Gasteiger partial charge in [-0.2, -0.15) is 0 Å². The minimum Gasteiger partial charge on any atom is -0.459 e. The highest BCUT2D eigenvalue weighted by Crippen LogP contribution is 2.38. The number of H-pyrrole nitrogens is 1. The lowest BCUT2D eigenvalue weighted by Crippen LogP contribution is -2.41. The minimum atomic E-state index is -1.14. The van der Waals surface area contributed by atoms with E-state index in [1.54, 1.807) is 38.1 Å². The summed E-state index contributed by atoms with van der Waals surface area (Å²) in [5, 5.41) is 3.76. The fourth-order valence-corrected chi connectivity index (χ4v) is 3.19. The van der Waals surface area contributed by atoms with Gasteiger partial charge < -0.3 is 9.47 Å². The van der Waals surface area contributed by atoms with E-state index in [-0.39, 0.29) is 13.0 Å². The van der Waals surface area contributed by atoms with Crippen molar-refractivity contribution in [1.29, 1.82) is 0 Å². The van der Waals surface area contributed by atoms with Crippen molar-refractivity contribution in [3.63, 3.8) is 0 Å². The van der Waals surface area contributed by atoms with Crippen LogP contribution in [0.1, 0.15) is 41.1 Å². The van der Waals surface area contributed by atoms with E-state index in [1.165, 1.54) is 10.8 Å². The lowest BCUT2D eigenvalue weighted by atomic mass is 9.98. The first-order valence-electron chi connectivity index (χ1n) is 9.01. The van der Waals surface area contributed by atoms with E-state index in [1.807, 2.05) is 6.92 Å². The van der Waals surface area contributed by atoms with Crippen LogP contribution in [0.5, 0.6) is 0 Å². The zero-order valence-electron chi connectivity index (χ0n) is 16.3. The molecule has 3 rings (SSSR count). The number of carbonyl (C=O) groups is 1. The molecular weight excluding hydrogens is 378 g/mol. The minimum absolute atomic E-state index is 0.170. The molecule has 0 bridgehead atoms. The normalized spacial score (nSPS) is 23.4. The van der Waals surface area contributed by atoms with Gasteiger partial charge in [-0.15, -0.1) is 0 Å². The van der Waals surface area contributed by atoms with Crippen molar-refractivity contribution in [3.05, 3.63) is 78.4 Å². The van der Waals surface area contributed by atoms with E-state index in [2.05, 4.69) is 15.0 Å². The topological polar surface area (TPSA) is 139 Å². The highest BCUT2D eigenvalue weighted by atomic mass is 16.6. The Kier molecular flexibility index (Phi) is 5.58. The number of nitrogens with one attached hydrogen (secondary N) is 1. The van der Waals surface area contributed by atoms with Gasteiger partial charge in [0.05, 0.1) is 11.6 Å². The molecule has 1 fully saturated rings. The van der Waals surface area contributed by atoms with Gasteiger partial charge in [0.15, 0.2) is 0 Å². The van der Waals surface area contributed by atoms with E-state index in [0.717, 1.165) is 5.56 Å². The number of benzene rings is 1. The molecule has 29 heavy (non-hydrogen) atoms. The number of esters is 1. The lowest BCUT2D eigenvalue weighted by molar-refractivity contribution is -0.0961.